The number of hydrogen-bond donors (Lipinski definition) is 1. The van der Waals surface area contributed by atoms with E-state index in [0.29, 0.717) is 19.5 Å². The molecule has 1 aromatic rings. The molecule has 0 aliphatic carbocycles. The third kappa shape index (κ3) is 3.47. The van der Waals surface area contributed by atoms with Crippen LogP contribution in [0.3, 0.4) is 0 Å². The summed E-state index contributed by atoms with van der Waals surface area (Å²) in [6, 6.07) is 9.27. The summed E-state index contributed by atoms with van der Waals surface area (Å²) in [6.07, 6.45) is -0.288. The first kappa shape index (κ1) is 13.4. The Bertz CT molecular complexity index is 485. The number of carbonyl (C=O) groups excluding carboxylic acids is 1. The number of aliphatic hydroxyl groups excluding tert-OH is 1. The van der Waals surface area contributed by atoms with E-state index in [2.05, 4.69) is 10.0 Å². The van der Waals surface area contributed by atoms with E-state index < -0.39 is 6.10 Å². The Balaban J connectivity index is 1.92. The minimum absolute atomic E-state index is 0.00752. The number of nitrogens with zero attached hydrogens (tertiary/aromatic N) is 4. The lowest BCUT2D eigenvalue weighted by Crippen LogP contribution is -2.30. The highest BCUT2D eigenvalue weighted by Gasteiger charge is 2.30. The Morgan fingerprint density at radius 2 is 2.21 bits per heavy atom. The number of β-amino-alcohol motifs (C(OH)–C–C–N with tert-alkyl or cyclic N) is 1. The van der Waals surface area contributed by atoms with Crippen molar-refractivity contribution in [1.82, 2.24) is 4.90 Å². The molecule has 1 fully saturated rings. The first-order valence-corrected chi connectivity index (χ1v) is 6.22. The number of aliphatic hydroxyl groups is 1. The Morgan fingerprint density at radius 3 is 2.89 bits per heavy atom. The van der Waals surface area contributed by atoms with Crippen molar-refractivity contribution < 1.29 is 9.90 Å². The van der Waals surface area contributed by atoms with Gasteiger partial charge in [-0.1, -0.05) is 35.4 Å². The minimum Gasteiger partial charge on any atom is -0.387 e. The predicted molar refractivity (Wildman–Crippen MR) is 70.1 cm³/mol. The molecule has 1 aliphatic heterocycles. The number of likely N-dealkylation sites (tertiary alicyclic amines) is 1. The normalized spacial score (nSPS) is 20.2. The third-order valence-electron chi connectivity index (χ3n) is 3.28. The molecular formula is C13H16N4O2. The maximum absolute atomic E-state index is 11.8. The van der Waals surface area contributed by atoms with Crippen LogP contribution in [0.5, 0.6) is 0 Å². The van der Waals surface area contributed by atoms with Gasteiger partial charge in [0.1, 0.15) is 0 Å². The molecule has 1 aliphatic rings. The molecule has 19 heavy (non-hydrogen) atoms. The molecule has 1 N–H and O–H groups in total. The van der Waals surface area contributed by atoms with E-state index in [1.165, 1.54) is 0 Å². The molecule has 1 saturated heterocycles. The van der Waals surface area contributed by atoms with Gasteiger partial charge in [0.05, 0.1) is 12.6 Å². The first-order valence-electron chi connectivity index (χ1n) is 6.22. The zero-order valence-corrected chi connectivity index (χ0v) is 10.5. The summed E-state index contributed by atoms with van der Waals surface area (Å²) in [5.41, 5.74) is 9.07. The summed E-state index contributed by atoms with van der Waals surface area (Å²) in [5, 5.41) is 13.6. The van der Waals surface area contributed by atoms with Crippen molar-refractivity contribution in [2.75, 3.05) is 19.6 Å². The second-order valence-electron chi connectivity index (χ2n) is 4.71. The topological polar surface area (TPSA) is 89.3 Å². The molecular weight excluding hydrogens is 244 g/mol. The Kier molecular flexibility index (Phi) is 4.39. The van der Waals surface area contributed by atoms with Crippen LogP contribution in [0, 0.1) is 5.92 Å². The van der Waals surface area contributed by atoms with Crippen molar-refractivity contribution in [3.05, 3.63) is 46.3 Å². The van der Waals surface area contributed by atoms with E-state index in [-0.39, 0.29) is 18.4 Å². The summed E-state index contributed by atoms with van der Waals surface area (Å²) < 4.78 is 0. The van der Waals surface area contributed by atoms with Crippen LogP contribution in [0.4, 0.5) is 0 Å². The van der Waals surface area contributed by atoms with Gasteiger partial charge in [0.2, 0.25) is 5.91 Å². The van der Waals surface area contributed by atoms with Gasteiger partial charge in [-0.2, -0.15) is 0 Å². The summed E-state index contributed by atoms with van der Waals surface area (Å²) in [4.78, 5) is 16.1. The molecule has 0 bridgehead atoms. The van der Waals surface area contributed by atoms with Crippen LogP contribution in [0.1, 0.15) is 18.1 Å². The second-order valence-corrected chi connectivity index (χ2v) is 4.71. The van der Waals surface area contributed by atoms with Gasteiger partial charge in [0, 0.05) is 24.4 Å². The summed E-state index contributed by atoms with van der Waals surface area (Å²) in [5.74, 6) is 0.0690. The molecule has 0 aromatic heterocycles. The molecule has 1 aromatic carbocycles. The fourth-order valence-corrected chi connectivity index (χ4v) is 2.29. The van der Waals surface area contributed by atoms with Gasteiger partial charge in [0.15, 0.2) is 0 Å². The van der Waals surface area contributed by atoms with Crippen LogP contribution < -0.4 is 0 Å². The third-order valence-corrected chi connectivity index (χ3v) is 3.28. The van der Waals surface area contributed by atoms with Crippen molar-refractivity contribution in [1.29, 1.82) is 0 Å². The molecule has 6 nitrogen and oxygen atoms in total. The maximum Gasteiger partial charge on any atom is 0.223 e. The SMILES string of the molecule is [N-]=[N+]=NCC1CC(=O)N(C[C@@H](O)c2ccccc2)C1. The molecule has 1 heterocycles. The smallest absolute Gasteiger partial charge is 0.223 e. The molecule has 6 heteroatoms. The lowest BCUT2D eigenvalue weighted by molar-refractivity contribution is -0.129. The van der Waals surface area contributed by atoms with E-state index in [9.17, 15) is 9.90 Å². The standard InChI is InChI=1S/C13H16N4O2/c14-16-15-7-10-6-13(19)17(8-10)9-12(18)11-4-2-1-3-5-11/h1-5,10,12,18H,6-9H2/t10?,12-/m1/s1. The van der Waals surface area contributed by atoms with Crippen molar-refractivity contribution in [3.8, 4) is 0 Å². The van der Waals surface area contributed by atoms with E-state index in [4.69, 9.17) is 5.53 Å². The number of benzene rings is 1. The van der Waals surface area contributed by atoms with Crippen LogP contribution >= 0.6 is 0 Å². The van der Waals surface area contributed by atoms with Gasteiger partial charge in [-0.15, -0.1) is 0 Å². The minimum atomic E-state index is -0.677. The molecule has 1 amide bonds. The highest BCUT2D eigenvalue weighted by molar-refractivity contribution is 5.78. The van der Waals surface area contributed by atoms with Crippen molar-refractivity contribution in [3.63, 3.8) is 0 Å². The predicted octanol–water partition coefficient (Wildman–Crippen LogP) is 1.88. The van der Waals surface area contributed by atoms with Crippen molar-refractivity contribution in [2.24, 2.45) is 11.0 Å². The Hall–Kier alpha value is -2.04. The zero-order valence-electron chi connectivity index (χ0n) is 10.5. The van der Waals surface area contributed by atoms with Gasteiger partial charge in [-0.05, 0) is 17.0 Å². The highest BCUT2D eigenvalue weighted by atomic mass is 16.3. The monoisotopic (exact) mass is 260 g/mol. The van der Waals surface area contributed by atoms with E-state index >= 15 is 0 Å². The summed E-state index contributed by atoms with van der Waals surface area (Å²) >= 11 is 0. The number of amides is 1. The molecule has 2 rings (SSSR count). The Labute approximate surface area is 111 Å². The van der Waals surface area contributed by atoms with Crippen LogP contribution in [-0.4, -0.2) is 35.5 Å². The van der Waals surface area contributed by atoms with Crippen molar-refractivity contribution in [2.45, 2.75) is 12.5 Å². The highest BCUT2D eigenvalue weighted by Crippen LogP contribution is 2.22. The van der Waals surface area contributed by atoms with Crippen LogP contribution in [-0.2, 0) is 4.79 Å². The largest absolute Gasteiger partial charge is 0.387 e. The zero-order chi connectivity index (χ0) is 13.7. The number of carbonyl (C=O) groups is 1. The van der Waals surface area contributed by atoms with Crippen molar-refractivity contribution >= 4 is 5.91 Å². The average Bonchev–Trinajstić information content (AvgIpc) is 2.78. The molecule has 0 spiro atoms. The molecule has 100 valence electrons. The number of azide groups is 1. The van der Waals surface area contributed by atoms with Crippen LogP contribution in [0.15, 0.2) is 35.4 Å². The quantitative estimate of drug-likeness (QED) is 0.497. The maximum atomic E-state index is 11.8. The fourth-order valence-electron chi connectivity index (χ4n) is 2.29. The van der Waals surface area contributed by atoms with Crippen LogP contribution in [0.2, 0.25) is 0 Å². The summed E-state index contributed by atoms with van der Waals surface area (Å²) in [6.45, 7) is 1.16. The van der Waals surface area contributed by atoms with E-state index in [1.807, 2.05) is 30.3 Å². The Morgan fingerprint density at radius 1 is 1.47 bits per heavy atom. The van der Waals surface area contributed by atoms with E-state index in [1.54, 1.807) is 4.90 Å². The van der Waals surface area contributed by atoms with Crippen LogP contribution in [0.25, 0.3) is 10.4 Å². The molecule has 2 atom stereocenters. The number of hydrogen-bond acceptors (Lipinski definition) is 3. The molecule has 1 unspecified atom stereocenters. The van der Waals surface area contributed by atoms with Gasteiger partial charge >= 0.3 is 0 Å². The van der Waals surface area contributed by atoms with Gasteiger partial charge < -0.3 is 10.0 Å². The molecule has 0 radical (unpaired) electrons. The van der Waals surface area contributed by atoms with Gasteiger partial charge in [-0.25, -0.2) is 0 Å². The second kappa shape index (κ2) is 6.22. The number of rotatable bonds is 5. The lowest BCUT2D eigenvalue weighted by Gasteiger charge is -2.20. The first-order chi connectivity index (χ1) is 9.20. The van der Waals surface area contributed by atoms with Gasteiger partial charge in [0.25, 0.3) is 0 Å². The van der Waals surface area contributed by atoms with E-state index in [0.717, 1.165) is 5.56 Å². The average molecular weight is 260 g/mol. The lowest BCUT2D eigenvalue weighted by atomic mass is 10.1. The fraction of sp³-hybridized carbons (Fsp3) is 0.462. The van der Waals surface area contributed by atoms with Gasteiger partial charge in [-0.3, -0.25) is 4.79 Å². The molecule has 0 saturated carbocycles. The summed E-state index contributed by atoms with van der Waals surface area (Å²) in [7, 11) is 0.